The van der Waals surface area contributed by atoms with Crippen molar-refractivity contribution in [1.29, 1.82) is 5.26 Å². The maximum Gasteiger partial charge on any atom is 0.137 e. The van der Waals surface area contributed by atoms with Gasteiger partial charge in [-0.15, -0.1) is 0 Å². The van der Waals surface area contributed by atoms with E-state index in [1.165, 1.54) is 0 Å². The van der Waals surface area contributed by atoms with Crippen LogP contribution in [0.2, 0.25) is 0 Å². The maximum absolute atomic E-state index is 8.86. The van der Waals surface area contributed by atoms with Crippen molar-refractivity contribution < 1.29 is 4.74 Å². The highest BCUT2D eigenvalue weighted by molar-refractivity contribution is 6.02. The fraction of sp³-hybridized carbons (Fsp3) is 0.111. The van der Waals surface area contributed by atoms with Crippen LogP contribution in [0.15, 0.2) is 71.4 Å². The Labute approximate surface area is 129 Å². The van der Waals surface area contributed by atoms with Crippen molar-refractivity contribution in [1.82, 2.24) is 5.32 Å². The largest absolute Gasteiger partial charge is 0.488 e. The second-order valence-corrected chi connectivity index (χ2v) is 4.87. The van der Waals surface area contributed by atoms with Crippen LogP contribution in [-0.4, -0.2) is 12.4 Å². The average Bonchev–Trinajstić information content (AvgIpc) is 2.61. The summed E-state index contributed by atoms with van der Waals surface area (Å²) < 4.78 is 5.92. The highest BCUT2D eigenvalue weighted by atomic mass is 16.5. The minimum Gasteiger partial charge on any atom is -0.488 e. The van der Waals surface area contributed by atoms with Crippen LogP contribution in [0.1, 0.15) is 11.1 Å². The Kier molecular flexibility index (Phi) is 4.17. The van der Waals surface area contributed by atoms with E-state index in [0.29, 0.717) is 18.7 Å². The van der Waals surface area contributed by atoms with Crippen molar-refractivity contribution in [3.8, 4) is 11.8 Å². The number of nitrogens with one attached hydrogen (secondary N) is 1. The van der Waals surface area contributed by atoms with Crippen LogP contribution in [0.5, 0.6) is 5.75 Å². The lowest BCUT2D eigenvalue weighted by Gasteiger charge is -2.16. The van der Waals surface area contributed by atoms with E-state index in [-0.39, 0.29) is 0 Å². The lowest BCUT2D eigenvalue weighted by Crippen LogP contribution is -2.29. The van der Waals surface area contributed by atoms with Gasteiger partial charge in [0.2, 0.25) is 0 Å². The fourth-order valence-corrected chi connectivity index (χ4v) is 2.17. The minimum absolute atomic E-state index is 0.488. The highest BCUT2D eigenvalue weighted by Crippen LogP contribution is 2.21. The van der Waals surface area contributed by atoms with Gasteiger partial charge in [0.1, 0.15) is 18.2 Å². The summed E-state index contributed by atoms with van der Waals surface area (Å²) in [5, 5.41) is 12.0. The van der Waals surface area contributed by atoms with Gasteiger partial charge in [0.25, 0.3) is 0 Å². The molecule has 3 rings (SSSR count). The second kappa shape index (κ2) is 6.59. The molecule has 1 aliphatic heterocycles. The van der Waals surface area contributed by atoms with Crippen LogP contribution in [0.25, 0.3) is 0 Å². The van der Waals surface area contributed by atoms with Crippen LogP contribution in [-0.2, 0) is 6.61 Å². The first-order valence-electron chi connectivity index (χ1n) is 7.04. The molecule has 1 aliphatic rings. The van der Waals surface area contributed by atoms with Crippen molar-refractivity contribution in [3.63, 3.8) is 0 Å². The molecule has 22 heavy (non-hydrogen) atoms. The number of benzene rings is 2. The Morgan fingerprint density at radius 3 is 2.59 bits per heavy atom. The molecular weight excluding hydrogens is 274 g/mol. The molecule has 0 atom stereocenters. The Balaban J connectivity index is 1.80. The van der Waals surface area contributed by atoms with Gasteiger partial charge < -0.3 is 10.1 Å². The molecule has 0 fully saturated rings. The molecule has 0 bridgehead atoms. The van der Waals surface area contributed by atoms with Crippen LogP contribution in [0, 0.1) is 11.3 Å². The summed E-state index contributed by atoms with van der Waals surface area (Å²) in [4.78, 5) is 4.31. The molecule has 2 aromatic carbocycles. The Morgan fingerprint density at radius 1 is 1.09 bits per heavy atom. The fourth-order valence-electron chi connectivity index (χ4n) is 2.17. The monoisotopic (exact) mass is 289 g/mol. The van der Waals surface area contributed by atoms with E-state index in [1.54, 1.807) is 6.20 Å². The predicted octanol–water partition coefficient (Wildman–Crippen LogP) is 3.02. The SMILES string of the molecule is N#CC1=CN=C(c2ccccc2OCc2ccccc2)NC1. The third-order valence-corrected chi connectivity index (χ3v) is 3.32. The van der Waals surface area contributed by atoms with Crippen molar-refractivity contribution in [2.24, 2.45) is 4.99 Å². The third-order valence-electron chi connectivity index (χ3n) is 3.32. The number of nitrogens with zero attached hydrogens (tertiary/aromatic N) is 2. The number of rotatable bonds is 4. The van der Waals surface area contributed by atoms with Gasteiger partial charge in [-0.25, -0.2) is 4.99 Å². The van der Waals surface area contributed by atoms with E-state index in [9.17, 15) is 0 Å². The molecule has 4 nitrogen and oxygen atoms in total. The van der Waals surface area contributed by atoms with Crippen LogP contribution in [0.3, 0.4) is 0 Å². The Hall–Kier alpha value is -3.06. The number of para-hydroxylation sites is 1. The summed E-state index contributed by atoms with van der Waals surface area (Å²) in [6, 6.07) is 19.9. The molecular formula is C18H15N3O. The smallest absolute Gasteiger partial charge is 0.137 e. The molecule has 0 unspecified atom stereocenters. The van der Waals surface area contributed by atoms with Gasteiger partial charge in [-0.05, 0) is 17.7 Å². The van der Waals surface area contributed by atoms with Gasteiger partial charge in [0, 0.05) is 6.20 Å². The van der Waals surface area contributed by atoms with Crippen LogP contribution >= 0.6 is 0 Å². The van der Waals surface area contributed by atoms with E-state index >= 15 is 0 Å². The van der Waals surface area contributed by atoms with Gasteiger partial charge in [-0.1, -0.05) is 42.5 Å². The molecule has 0 aromatic heterocycles. The standard InChI is InChI=1S/C18H15N3O/c19-10-15-11-20-18(21-12-15)16-8-4-5-9-17(16)22-13-14-6-2-1-3-7-14/h1-9,11H,12-13H2,(H,20,21). The van der Waals surface area contributed by atoms with E-state index in [1.807, 2.05) is 54.6 Å². The predicted molar refractivity (Wildman–Crippen MR) is 85.5 cm³/mol. The van der Waals surface area contributed by atoms with Gasteiger partial charge in [0.05, 0.1) is 23.8 Å². The zero-order valence-corrected chi connectivity index (χ0v) is 12.0. The zero-order valence-electron chi connectivity index (χ0n) is 12.0. The molecule has 2 aromatic rings. The first-order chi connectivity index (χ1) is 10.9. The summed E-state index contributed by atoms with van der Waals surface area (Å²) in [7, 11) is 0. The van der Waals surface area contributed by atoms with E-state index in [4.69, 9.17) is 10.00 Å². The minimum atomic E-state index is 0.488. The molecule has 0 spiro atoms. The average molecular weight is 289 g/mol. The van der Waals surface area contributed by atoms with Crippen molar-refractivity contribution in [2.75, 3.05) is 6.54 Å². The second-order valence-electron chi connectivity index (χ2n) is 4.87. The molecule has 0 amide bonds. The van der Waals surface area contributed by atoms with E-state index < -0.39 is 0 Å². The first kappa shape index (κ1) is 13.9. The summed E-state index contributed by atoms with van der Waals surface area (Å²) >= 11 is 0. The van der Waals surface area contributed by atoms with E-state index in [2.05, 4.69) is 16.4 Å². The van der Waals surface area contributed by atoms with E-state index in [0.717, 1.165) is 22.7 Å². The number of hydrogen-bond donors (Lipinski definition) is 1. The summed E-state index contributed by atoms with van der Waals surface area (Å²) in [6.45, 7) is 0.993. The molecule has 4 heteroatoms. The zero-order chi connectivity index (χ0) is 15.2. The summed E-state index contributed by atoms with van der Waals surface area (Å²) in [5.74, 6) is 1.49. The van der Waals surface area contributed by atoms with Crippen molar-refractivity contribution in [3.05, 3.63) is 77.5 Å². The van der Waals surface area contributed by atoms with Gasteiger partial charge in [0.15, 0.2) is 0 Å². The molecule has 0 aliphatic carbocycles. The molecule has 108 valence electrons. The summed E-state index contributed by atoms with van der Waals surface area (Å²) in [5.41, 5.74) is 2.63. The Bertz CT molecular complexity index is 757. The number of amidine groups is 1. The molecule has 0 radical (unpaired) electrons. The number of ether oxygens (including phenoxy) is 1. The van der Waals surface area contributed by atoms with Crippen LogP contribution in [0.4, 0.5) is 0 Å². The molecule has 1 N–H and O–H groups in total. The topological polar surface area (TPSA) is 57.4 Å². The Morgan fingerprint density at radius 2 is 1.86 bits per heavy atom. The molecule has 1 heterocycles. The maximum atomic E-state index is 8.86. The van der Waals surface area contributed by atoms with Gasteiger partial charge in [-0.2, -0.15) is 5.26 Å². The van der Waals surface area contributed by atoms with Crippen molar-refractivity contribution >= 4 is 5.84 Å². The van der Waals surface area contributed by atoms with Crippen molar-refractivity contribution in [2.45, 2.75) is 6.61 Å². The number of nitriles is 1. The molecule has 0 saturated carbocycles. The lowest BCUT2D eigenvalue weighted by molar-refractivity contribution is 0.305. The lowest BCUT2D eigenvalue weighted by atomic mass is 10.1. The highest BCUT2D eigenvalue weighted by Gasteiger charge is 2.13. The number of hydrogen-bond acceptors (Lipinski definition) is 4. The third kappa shape index (κ3) is 3.15. The summed E-state index contributed by atoms with van der Waals surface area (Å²) in [6.07, 6.45) is 1.60. The first-order valence-corrected chi connectivity index (χ1v) is 7.04. The number of aliphatic imine (C=N–C) groups is 1. The van der Waals surface area contributed by atoms with Gasteiger partial charge in [-0.3, -0.25) is 0 Å². The normalized spacial score (nSPS) is 13.4. The van der Waals surface area contributed by atoms with Crippen LogP contribution < -0.4 is 10.1 Å². The van der Waals surface area contributed by atoms with Gasteiger partial charge >= 0.3 is 0 Å². The molecule has 0 saturated heterocycles. The quantitative estimate of drug-likeness (QED) is 0.941.